The van der Waals surface area contributed by atoms with Crippen LogP contribution < -0.4 is 5.73 Å². The molecule has 0 amide bonds. The van der Waals surface area contributed by atoms with Crippen molar-refractivity contribution in [2.24, 2.45) is 5.73 Å². The summed E-state index contributed by atoms with van der Waals surface area (Å²) in [5.74, 6) is -0.738. The number of ketones is 1. The van der Waals surface area contributed by atoms with Gasteiger partial charge in [-0.2, -0.15) is 10.2 Å². The summed E-state index contributed by atoms with van der Waals surface area (Å²) in [7, 11) is 0. The van der Waals surface area contributed by atoms with E-state index in [0.717, 1.165) is 106 Å². The van der Waals surface area contributed by atoms with Gasteiger partial charge in [0, 0.05) is 33.8 Å². The van der Waals surface area contributed by atoms with Crippen molar-refractivity contribution in [3.63, 3.8) is 0 Å². The number of aromatic carboxylic acids is 1. The molecule has 0 radical (unpaired) electrons. The van der Waals surface area contributed by atoms with E-state index < -0.39 is 5.97 Å². The van der Waals surface area contributed by atoms with Crippen molar-refractivity contribution in [3.8, 4) is 22.5 Å². The zero-order valence-corrected chi connectivity index (χ0v) is 34.4. The quantitative estimate of drug-likeness (QED) is 0.107. The number of benzene rings is 2. The Morgan fingerprint density at radius 3 is 1.71 bits per heavy atom. The number of aryl methyl sites for hydroxylation is 7. The molecule has 0 spiro atoms. The number of nitrogens with one attached hydrogen (secondary N) is 2. The highest BCUT2D eigenvalue weighted by Gasteiger charge is 2.20. The second-order valence-corrected chi connectivity index (χ2v) is 16.8. The SMILES string of the molecule is Cc1cc(-c2ncnc3[nH]ncc23)ccc1CCC(=O)c1nc2c(s1)CCCC2.Cc1cc(-c2ncnc3[nH]ncc23)ccc1CN.O=C(O)c1nc2c(s1)CCCC2. The van der Waals surface area contributed by atoms with Crippen molar-refractivity contribution in [2.45, 2.75) is 84.6 Å². The van der Waals surface area contributed by atoms with E-state index in [1.807, 2.05) is 12.1 Å². The van der Waals surface area contributed by atoms with Crippen LogP contribution in [0.15, 0.2) is 61.4 Å². The van der Waals surface area contributed by atoms with Crippen LogP contribution in [0.25, 0.3) is 44.6 Å². The third-order valence-corrected chi connectivity index (χ3v) is 13.0. The lowest BCUT2D eigenvalue weighted by atomic mass is 9.98. The first-order chi connectivity index (χ1) is 28.7. The van der Waals surface area contributed by atoms with Crippen LogP contribution in [-0.2, 0) is 38.6 Å². The van der Waals surface area contributed by atoms with Crippen LogP contribution in [0.2, 0.25) is 0 Å². The highest BCUT2D eigenvalue weighted by atomic mass is 32.1. The first kappa shape index (κ1) is 39.7. The molecule has 0 bridgehead atoms. The minimum absolute atomic E-state index is 0.156. The highest BCUT2D eigenvalue weighted by Crippen LogP contribution is 2.30. The molecule has 0 atom stereocenters. The lowest BCUT2D eigenvalue weighted by Gasteiger charge is -2.08. The summed E-state index contributed by atoms with van der Waals surface area (Å²) in [5, 5.41) is 25.2. The van der Waals surface area contributed by atoms with Gasteiger partial charge in [-0.1, -0.05) is 24.3 Å². The molecule has 0 unspecified atom stereocenters. The van der Waals surface area contributed by atoms with E-state index in [0.29, 0.717) is 18.0 Å². The van der Waals surface area contributed by atoms with Gasteiger partial charge in [0.25, 0.3) is 0 Å². The number of carbonyl (C=O) groups excluding carboxylic acids is 1. The van der Waals surface area contributed by atoms with Crippen molar-refractivity contribution in [2.75, 3.05) is 0 Å². The molecule has 14 nitrogen and oxygen atoms in total. The summed E-state index contributed by atoms with van der Waals surface area (Å²) >= 11 is 2.93. The first-order valence-corrected chi connectivity index (χ1v) is 21.3. The molecule has 10 rings (SSSR count). The number of hydrogen-bond acceptors (Lipinski definition) is 13. The monoisotopic (exact) mass is 825 g/mol. The number of aromatic nitrogens is 10. The molecule has 6 heterocycles. The van der Waals surface area contributed by atoms with Gasteiger partial charge in [-0.15, -0.1) is 22.7 Å². The Labute approximate surface area is 347 Å². The predicted molar refractivity (Wildman–Crippen MR) is 229 cm³/mol. The summed E-state index contributed by atoms with van der Waals surface area (Å²) in [4.78, 5) is 51.5. The van der Waals surface area contributed by atoms with E-state index in [9.17, 15) is 9.59 Å². The number of Topliss-reactive ketones (excluding diaryl/α,β-unsaturated/α-hetero) is 1. The molecule has 2 aliphatic rings. The van der Waals surface area contributed by atoms with Crippen LogP contribution in [0, 0.1) is 13.8 Å². The molecule has 6 aromatic heterocycles. The van der Waals surface area contributed by atoms with Crippen molar-refractivity contribution in [1.82, 2.24) is 50.3 Å². The second kappa shape index (κ2) is 17.8. The Kier molecular flexibility index (Phi) is 12.0. The smallest absolute Gasteiger partial charge is 0.365 e. The van der Waals surface area contributed by atoms with Crippen LogP contribution in [0.5, 0.6) is 0 Å². The molecule has 8 aromatic rings. The fourth-order valence-electron chi connectivity index (χ4n) is 7.46. The average molecular weight is 826 g/mol. The summed E-state index contributed by atoms with van der Waals surface area (Å²) in [6.07, 6.45) is 16.6. The molecule has 0 saturated heterocycles. The van der Waals surface area contributed by atoms with Crippen LogP contribution >= 0.6 is 22.7 Å². The number of fused-ring (bicyclic) bond motifs is 4. The number of nitrogens with two attached hydrogens (primary N) is 1. The van der Waals surface area contributed by atoms with Gasteiger partial charge in [0.1, 0.15) is 12.7 Å². The third kappa shape index (κ3) is 8.84. The van der Waals surface area contributed by atoms with E-state index in [4.69, 9.17) is 10.8 Å². The topological polar surface area (TPSA) is 215 Å². The fraction of sp³-hybridized carbons (Fsp3) is 0.302. The molecule has 2 aromatic carbocycles. The number of carbonyl (C=O) groups is 2. The summed E-state index contributed by atoms with van der Waals surface area (Å²) in [6.45, 7) is 4.69. The van der Waals surface area contributed by atoms with Crippen LogP contribution in [0.1, 0.15) is 95.1 Å². The number of nitrogens with zero attached hydrogens (tertiary/aromatic N) is 8. The summed E-state index contributed by atoms with van der Waals surface area (Å²) in [6, 6.07) is 12.4. The Bertz CT molecular complexity index is 2740. The minimum Gasteiger partial charge on any atom is -0.476 e. The second-order valence-electron chi connectivity index (χ2n) is 14.6. The molecule has 16 heteroatoms. The maximum Gasteiger partial charge on any atom is 0.365 e. The van der Waals surface area contributed by atoms with Gasteiger partial charge in [0.2, 0.25) is 5.01 Å². The van der Waals surface area contributed by atoms with Crippen LogP contribution in [0.3, 0.4) is 0 Å². The van der Waals surface area contributed by atoms with E-state index in [1.165, 1.54) is 51.5 Å². The number of H-pyrrole nitrogens is 2. The van der Waals surface area contributed by atoms with Crippen LogP contribution in [0.4, 0.5) is 0 Å². The van der Waals surface area contributed by atoms with Crippen molar-refractivity contribution in [1.29, 1.82) is 0 Å². The van der Waals surface area contributed by atoms with Crippen molar-refractivity contribution in [3.05, 3.63) is 115 Å². The number of hydrogen-bond donors (Lipinski definition) is 4. The highest BCUT2D eigenvalue weighted by molar-refractivity contribution is 7.14. The lowest BCUT2D eigenvalue weighted by molar-refractivity contribution is 0.0696. The zero-order valence-electron chi connectivity index (χ0n) is 32.8. The fourth-order valence-corrected chi connectivity index (χ4v) is 9.56. The maximum absolute atomic E-state index is 12.7. The number of carboxylic acid groups (broad SMARTS) is 1. The normalized spacial score (nSPS) is 13.2. The van der Waals surface area contributed by atoms with Gasteiger partial charge in [0.15, 0.2) is 22.1 Å². The van der Waals surface area contributed by atoms with Crippen molar-refractivity contribution < 1.29 is 14.7 Å². The molecule has 2 aliphatic carbocycles. The predicted octanol–water partition coefficient (Wildman–Crippen LogP) is 7.99. The van der Waals surface area contributed by atoms with Gasteiger partial charge >= 0.3 is 5.97 Å². The average Bonchev–Trinajstić information content (AvgIpc) is 4.09. The molecule has 0 saturated carbocycles. The standard InChI is InChI=1S/C22H21N5OS.C13H13N5.C8H9NO2S/c1-13-10-15(20-16-11-25-27-21(16)24-12-23-20)7-6-14(13)8-9-18(28)22-26-17-4-2-3-5-19(17)29-22;1-8-4-9(2-3-10(8)5-14)12-11-6-17-18-13(11)16-7-15-12;10-8(11)7-9-5-3-1-2-4-6(5)12-7/h6-7,10-12H,2-5,8-9H2,1H3,(H,23,24,25,27);2-4,6-7H,5,14H2,1H3,(H,15,16,17,18);1-4H2,(H,10,11). The Balaban J connectivity index is 0.000000137. The zero-order chi connectivity index (χ0) is 40.9. The van der Waals surface area contributed by atoms with Crippen LogP contribution in [-0.4, -0.2) is 67.2 Å². The van der Waals surface area contributed by atoms with Gasteiger partial charge in [0.05, 0.1) is 45.9 Å². The van der Waals surface area contributed by atoms with E-state index in [2.05, 4.69) is 88.4 Å². The van der Waals surface area contributed by atoms with Gasteiger partial charge < -0.3 is 10.8 Å². The number of thiazole rings is 2. The summed E-state index contributed by atoms with van der Waals surface area (Å²) in [5.41, 5.74) is 17.8. The van der Waals surface area contributed by atoms with Gasteiger partial charge in [-0.05, 0) is 106 Å². The summed E-state index contributed by atoms with van der Waals surface area (Å²) < 4.78 is 0. The molecule has 0 aliphatic heterocycles. The van der Waals surface area contributed by atoms with E-state index >= 15 is 0 Å². The number of rotatable bonds is 8. The molecule has 5 N–H and O–H groups in total. The molecule has 59 heavy (non-hydrogen) atoms. The Hall–Kier alpha value is -6.10. The Morgan fingerprint density at radius 1 is 0.695 bits per heavy atom. The van der Waals surface area contributed by atoms with Gasteiger partial charge in [-0.25, -0.2) is 34.7 Å². The van der Waals surface area contributed by atoms with Gasteiger partial charge in [-0.3, -0.25) is 15.0 Å². The van der Waals surface area contributed by atoms with Crippen molar-refractivity contribution >= 4 is 56.5 Å². The first-order valence-electron chi connectivity index (χ1n) is 19.7. The molecular weight excluding hydrogens is 783 g/mol. The van der Waals surface area contributed by atoms with E-state index in [1.54, 1.807) is 36.4 Å². The maximum atomic E-state index is 12.7. The number of aromatic amines is 2. The molecule has 0 fully saturated rings. The largest absolute Gasteiger partial charge is 0.476 e. The minimum atomic E-state index is -0.894. The third-order valence-electron chi connectivity index (χ3n) is 10.7. The number of carboxylic acids is 1. The van der Waals surface area contributed by atoms with E-state index in [-0.39, 0.29) is 10.8 Å². The Morgan fingerprint density at radius 2 is 1.20 bits per heavy atom. The molecular formula is C43H43N11O3S2. The lowest BCUT2D eigenvalue weighted by Crippen LogP contribution is -2.03. The molecule has 300 valence electrons.